The lowest BCUT2D eigenvalue weighted by atomic mass is 10.3. The molecule has 2 aliphatic rings. The predicted octanol–water partition coefficient (Wildman–Crippen LogP) is 1.53. The van der Waals surface area contributed by atoms with Gasteiger partial charge >= 0.3 is 6.18 Å². The van der Waals surface area contributed by atoms with Gasteiger partial charge in [0.25, 0.3) is 0 Å². The summed E-state index contributed by atoms with van der Waals surface area (Å²) in [5, 5.41) is 0.287. The molecular weight excluding hydrogens is 229 g/mol. The third kappa shape index (κ3) is 2.44. The molecule has 0 bridgehead atoms. The first-order valence-corrected chi connectivity index (χ1v) is 4.94. The molecule has 4 nitrogen and oxygen atoms in total. The summed E-state index contributed by atoms with van der Waals surface area (Å²) in [4.78, 5) is 15.3. The summed E-state index contributed by atoms with van der Waals surface area (Å²) in [6, 6.07) is -0.539. The molecule has 0 aromatic heterocycles. The van der Waals surface area contributed by atoms with Crippen molar-refractivity contribution in [3.63, 3.8) is 0 Å². The first-order valence-electron chi connectivity index (χ1n) is 3.95. The summed E-state index contributed by atoms with van der Waals surface area (Å²) in [7, 11) is 0. The lowest BCUT2D eigenvalue weighted by Crippen LogP contribution is -2.27. The molecule has 0 spiro atoms. The molecule has 0 radical (unpaired) electrons. The van der Waals surface area contributed by atoms with E-state index < -0.39 is 18.0 Å². The number of nitrogens with zero attached hydrogens (tertiary/aromatic N) is 4. The highest BCUT2D eigenvalue weighted by atomic mass is 32.2. The molecule has 0 saturated carbocycles. The molecule has 0 aromatic carbocycles. The highest BCUT2D eigenvalue weighted by molar-refractivity contribution is 8.14. The zero-order chi connectivity index (χ0) is 10.9. The maximum Gasteiger partial charge on any atom is 0.398 e. The fraction of sp³-hybridized carbons (Fsp3) is 0.429. The molecule has 1 unspecified atom stereocenters. The van der Waals surface area contributed by atoms with Crippen molar-refractivity contribution in [2.24, 2.45) is 20.0 Å². The van der Waals surface area contributed by atoms with Crippen molar-refractivity contribution in [2.75, 3.05) is 5.75 Å². The molecule has 80 valence electrons. The van der Waals surface area contributed by atoms with Gasteiger partial charge in [-0.2, -0.15) is 13.2 Å². The van der Waals surface area contributed by atoms with Gasteiger partial charge in [0.1, 0.15) is 17.7 Å². The average molecular weight is 234 g/mol. The van der Waals surface area contributed by atoms with E-state index in [0.717, 1.165) is 0 Å². The van der Waals surface area contributed by atoms with Crippen LogP contribution in [0.4, 0.5) is 13.2 Å². The number of thioether (sulfide) groups is 1. The molecule has 0 aliphatic carbocycles. The minimum Gasteiger partial charge on any atom is -0.255 e. The van der Waals surface area contributed by atoms with Crippen LogP contribution in [0.1, 0.15) is 0 Å². The van der Waals surface area contributed by atoms with Gasteiger partial charge in [0.2, 0.25) is 0 Å². The minimum absolute atomic E-state index is 0.287. The van der Waals surface area contributed by atoms with Crippen LogP contribution in [0.3, 0.4) is 0 Å². The minimum atomic E-state index is -4.21. The molecule has 2 rings (SSSR count). The summed E-state index contributed by atoms with van der Waals surface area (Å²) in [6.07, 6.45) is -1.73. The third-order valence-electron chi connectivity index (χ3n) is 1.64. The van der Waals surface area contributed by atoms with Crippen LogP contribution in [-0.2, 0) is 0 Å². The number of alkyl halides is 3. The van der Waals surface area contributed by atoms with Crippen LogP contribution in [0.2, 0.25) is 0 Å². The fourth-order valence-electron chi connectivity index (χ4n) is 1.06. The number of aliphatic imine (C=N–C) groups is 4. The van der Waals surface area contributed by atoms with Gasteiger partial charge in [-0.05, 0) is 0 Å². The van der Waals surface area contributed by atoms with Crippen LogP contribution in [0, 0.1) is 0 Å². The van der Waals surface area contributed by atoms with E-state index in [4.69, 9.17) is 0 Å². The largest absolute Gasteiger partial charge is 0.398 e. The summed E-state index contributed by atoms with van der Waals surface area (Å²) >= 11 is 0.620. The Labute approximate surface area is 87.1 Å². The van der Waals surface area contributed by atoms with E-state index in [1.54, 1.807) is 0 Å². The van der Waals surface area contributed by atoms with Crippen LogP contribution < -0.4 is 0 Å². The number of amidine groups is 1. The highest BCUT2D eigenvalue weighted by Gasteiger charge is 2.32. The second-order valence-electron chi connectivity index (χ2n) is 2.77. The Hall–Kier alpha value is -1.18. The summed E-state index contributed by atoms with van der Waals surface area (Å²) in [5.74, 6) is -0.575. The van der Waals surface area contributed by atoms with E-state index in [2.05, 4.69) is 20.0 Å². The first kappa shape index (κ1) is 10.3. The average Bonchev–Trinajstić information content (AvgIpc) is 2.61. The van der Waals surface area contributed by atoms with E-state index in [9.17, 15) is 13.2 Å². The molecular formula is C7H5F3N4S. The van der Waals surface area contributed by atoms with Gasteiger partial charge in [-0.3, -0.25) is 4.99 Å². The van der Waals surface area contributed by atoms with Gasteiger partial charge < -0.3 is 0 Å². The molecule has 2 heterocycles. The zero-order valence-corrected chi connectivity index (χ0v) is 8.09. The normalized spacial score (nSPS) is 23.8. The van der Waals surface area contributed by atoms with Crippen LogP contribution in [0.5, 0.6) is 0 Å². The third-order valence-corrected chi connectivity index (χ3v) is 2.74. The van der Waals surface area contributed by atoms with Crippen LogP contribution >= 0.6 is 11.8 Å². The van der Waals surface area contributed by atoms with Crippen LogP contribution in [0.25, 0.3) is 0 Å². The number of halogens is 3. The molecule has 0 saturated heterocycles. The van der Waals surface area contributed by atoms with Gasteiger partial charge in [-0.25, -0.2) is 15.0 Å². The SMILES string of the molecule is FC(F)(F)CSC1=NC=NC2=NC=NC21. The lowest BCUT2D eigenvalue weighted by molar-refractivity contribution is -0.105. The molecule has 0 N–H and O–H groups in total. The standard InChI is InChI=1S/C7H5F3N4S/c8-7(9,10)1-15-6-4-5(12-2-11-4)13-3-14-6/h2-4H,1H2. The lowest BCUT2D eigenvalue weighted by Gasteiger charge is -2.14. The molecule has 1 atom stereocenters. The Morgan fingerprint density at radius 2 is 2.07 bits per heavy atom. The van der Waals surface area contributed by atoms with Crippen molar-refractivity contribution in [1.82, 2.24) is 0 Å². The van der Waals surface area contributed by atoms with Gasteiger partial charge in [0.15, 0.2) is 11.9 Å². The Kier molecular flexibility index (Phi) is 2.59. The van der Waals surface area contributed by atoms with Crippen LogP contribution in [0.15, 0.2) is 20.0 Å². The predicted molar refractivity (Wildman–Crippen MR) is 54.2 cm³/mol. The molecule has 15 heavy (non-hydrogen) atoms. The van der Waals surface area contributed by atoms with E-state index in [0.29, 0.717) is 17.6 Å². The van der Waals surface area contributed by atoms with Gasteiger partial charge in [-0.15, -0.1) is 0 Å². The monoisotopic (exact) mass is 234 g/mol. The van der Waals surface area contributed by atoms with Gasteiger partial charge in [0.05, 0.1) is 5.75 Å². The van der Waals surface area contributed by atoms with E-state index in [1.165, 1.54) is 12.7 Å². The smallest absolute Gasteiger partial charge is 0.255 e. The Balaban J connectivity index is 2.04. The van der Waals surface area contributed by atoms with Crippen molar-refractivity contribution in [2.45, 2.75) is 12.2 Å². The first-order chi connectivity index (χ1) is 7.06. The van der Waals surface area contributed by atoms with Crippen molar-refractivity contribution in [3.8, 4) is 0 Å². The summed E-state index contributed by atoms with van der Waals surface area (Å²) in [5.41, 5.74) is 0. The number of rotatable bonds is 1. The summed E-state index contributed by atoms with van der Waals surface area (Å²) in [6.45, 7) is 0. The van der Waals surface area contributed by atoms with E-state index in [1.807, 2.05) is 0 Å². The van der Waals surface area contributed by atoms with Gasteiger partial charge in [0, 0.05) is 0 Å². The molecule has 2 aliphatic heterocycles. The number of fused-ring (bicyclic) bond motifs is 1. The second-order valence-corrected chi connectivity index (χ2v) is 3.77. The highest BCUT2D eigenvalue weighted by Crippen LogP contribution is 2.25. The molecule has 8 heteroatoms. The van der Waals surface area contributed by atoms with E-state index >= 15 is 0 Å². The van der Waals surface area contributed by atoms with Crippen molar-refractivity contribution < 1.29 is 13.2 Å². The van der Waals surface area contributed by atoms with Crippen LogP contribution in [-0.4, -0.2) is 41.5 Å². The summed E-state index contributed by atoms with van der Waals surface area (Å²) < 4.78 is 35.9. The van der Waals surface area contributed by atoms with Crippen molar-refractivity contribution in [3.05, 3.63) is 0 Å². The zero-order valence-electron chi connectivity index (χ0n) is 7.27. The fourth-order valence-corrected chi connectivity index (χ4v) is 1.82. The topological polar surface area (TPSA) is 49.4 Å². The Morgan fingerprint density at radius 1 is 1.27 bits per heavy atom. The quantitative estimate of drug-likeness (QED) is 0.678. The van der Waals surface area contributed by atoms with Crippen molar-refractivity contribution >= 4 is 35.3 Å². The van der Waals surface area contributed by atoms with E-state index in [-0.39, 0.29) is 5.04 Å². The molecule has 0 amide bonds. The maximum atomic E-state index is 12.0. The van der Waals surface area contributed by atoms with Crippen molar-refractivity contribution in [1.29, 1.82) is 0 Å². The second kappa shape index (κ2) is 3.76. The molecule has 0 aromatic rings. The number of hydrogen-bond acceptors (Lipinski definition) is 5. The Bertz CT molecular complexity index is 382. The Morgan fingerprint density at radius 3 is 2.80 bits per heavy atom. The molecule has 0 fully saturated rings. The number of hydrogen-bond donors (Lipinski definition) is 0. The van der Waals surface area contributed by atoms with Gasteiger partial charge in [-0.1, -0.05) is 11.8 Å². The maximum absolute atomic E-state index is 12.0.